The zero-order valence-electron chi connectivity index (χ0n) is 11.4. The highest BCUT2D eigenvalue weighted by atomic mass is 32.2. The van der Waals surface area contributed by atoms with Gasteiger partial charge in [0.1, 0.15) is 5.03 Å². The summed E-state index contributed by atoms with van der Waals surface area (Å²) in [7, 11) is 0. The molecule has 0 bridgehead atoms. The van der Waals surface area contributed by atoms with Crippen molar-refractivity contribution in [2.24, 2.45) is 0 Å². The molecule has 0 saturated carbocycles. The Labute approximate surface area is 116 Å². The third-order valence-corrected chi connectivity index (χ3v) is 3.75. The van der Waals surface area contributed by atoms with Gasteiger partial charge in [0.15, 0.2) is 10.9 Å². The van der Waals surface area contributed by atoms with Crippen LogP contribution in [0.1, 0.15) is 34.2 Å². The molecule has 0 atom stereocenters. The van der Waals surface area contributed by atoms with Crippen molar-refractivity contribution in [2.75, 3.05) is 0 Å². The van der Waals surface area contributed by atoms with E-state index in [-0.39, 0.29) is 5.78 Å². The van der Waals surface area contributed by atoms with E-state index >= 15 is 0 Å². The molecule has 2 heterocycles. The van der Waals surface area contributed by atoms with Gasteiger partial charge in [0.2, 0.25) is 0 Å². The minimum Gasteiger partial charge on any atom is -0.295 e. The standard InChI is InChI=1S/C14H15N3OS/c1-8-9(2)16-14(17-10(8)3)19-13-7-12(11(4)18)5-6-15-13/h5-7H,1-4H3. The van der Waals surface area contributed by atoms with Gasteiger partial charge in [0, 0.05) is 23.1 Å². The summed E-state index contributed by atoms with van der Waals surface area (Å²) in [6.07, 6.45) is 1.63. The predicted octanol–water partition coefficient (Wildman–Crippen LogP) is 3.15. The fraction of sp³-hybridized carbons (Fsp3) is 0.286. The maximum Gasteiger partial charge on any atom is 0.194 e. The first-order valence-electron chi connectivity index (χ1n) is 5.94. The Morgan fingerprint density at radius 3 is 2.37 bits per heavy atom. The summed E-state index contributed by atoms with van der Waals surface area (Å²) in [5, 5.41) is 1.39. The Hall–Kier alpha value is -1.75. The van der Waals surface area contributed by atoms with Gasteiger partial charge in [-0.25, -0.2) is 15.0 Å². The second kappa shape index (κ2) is 5.48. The van der Waals surface area contributed by atoms with Crippen LogP contribution in [0.15, 0.2) is 28.5 Å². The first-order valence-corrected chi connectivity index (χ1v) is 6.75. The second-order valence-corrected chi connectivity index (χ2v) is 5.33. The number of carbonyl (C=O) groups is 1. The number of hydrogen-bond acceptors (Lipinski definition) is 5. The number of aromatic nitrogens is 3. The molecule has 0 aromatic carbocycles. The molecule has 19 heavy (non-hydrogen) atoms. The monoisotopic (exact) mass is 273 g/mol. The van der Waals surface area contributed by atoms with Gasteiger partial charge in [-0.15, -0.1) is 0 Å². The molecule has 0 radical (unpaired) electrons. The quantitative estimate of drug-likeness (QED) is 0.635. The minimum atomic E-state index is 0.0291. The highest BCUT2D eigenvalue weighted by molar-refractivity contribution is 7.99. The number of carbonyl (C=O) groups excluding carboxylic acids is 1. The summed E-state index contributed by atoms with van der Waals surface area (Å²) in [5.74, 6) is 0.0291. The fourth-order valence-electron chi connectivity index (χ4n) is 1.56. The molecule has 2 aromatic rings. The van der Waals surface area contributed by atoms with Gasteiger partial charge in [0.05, 0.1) is 0 Å². The molecule has 5 heteroatoms. The van der Waals surface area contributed by atoms with Crippen LogP contribution in [0, 0.1) is 20.8 Å². The first-order chi connectivity index (χ1) is 8.97. The van der Waals surface area contributed by atoms with Gasteiger partial charge in [-0.2, -0.15) is 0 Å². The van der Waals surface area contributed by atoms with E-state index in [4.69, 9.17) is 0 Å². The predicted molar refractivity (Wildman–Crippen MR) is 74.6 cm³/mol. The van der Waals surface area contributed by atoms with E-state index in [0.29, 0.717) is 10.7 Å². The van der Waals surface area contributed by atoms with Crippen molar-refractivity contribution in [3.05, 3.63) is 40.8 Å². The molecule has 0 N–H and O–H groups in total. The normalized spacial score (nSPS) is 10.5. The van der Waals surface area contributed by atoms with Crippen LogP contribution in [0.4, 0.5) is 0 Å². The molecule has 0 spiro atoms. The Balaban J connectivity index is 2.31. The summed E-state index contributed by atoms with van der Waals surface area (Å²) < 4.78 is 0. The molecule has 0 unspecified atom stereocenters. The third-order valence-electron chi connectivity index (χ3n) is 2.95. The smallest absolute Gasteiger partial charge is 0.194 e. The van der Waals surface area contributed by atoms with Crippen LogP contribution in [0.25, 0.3) is 0 Å². The lowest BCUT2D eigenvalue weighted by molar-refractivity contribution is 0.101. The Morgan fingerprint density at radius 2 is 1.79 bits per heavy atom. The van der Waals surface area contributed by atoms with E-state index in [0.717, 1.165) is 22.0 Å². The van der Waals surface area contributed by atoms with Crippen molar-refractivity contribution in [2.45, 2.75) is 37.9 Å². The Bertz CT molecular complexity index is 617. The molecule has 0 aliphatic heterocycles. The average Bonchev–Trinajstić information content (AvgIpc) is 2.36. The minimum absolute atomic E-state index is 0.0291. The molecule has 0 aliphatic rings. The van der Waals surface area contributed by atoms with Crippen LogP contribution in [0.3, 0.4) is 0 Å². The van der Waals surface area contributed by atoms with Gasteiger partial charge in [-0.1, -0.05) is 0 Å². The van der Waals surface area contributed by atoms with Gasteiger partial charge in [-0.3, -0.25) is 4.79 Å². The van der Waals surface area contributed by atoms with E-state index < -0.39 is 0 Å². The lowest BCUT2D eigenvalue weighted by atomic mass is 10.2. The molecule has 98 valence electrons. The summed E-state index contributed by atoms with van der Waals surface area (Å²) in [6.45, 7) is 7.48. The summed E-state index contributed by atoms with van der Waals surface area (Å²) in [5.41, 5.74) is 3.70. The number of ketones is 1. The SMILES string of the molecule is CC(=O)c1ccnc(Sc2nc(C)c(C)c(C)n2)c1. The number of hydrogen-bond donors (Lipinski definition) is 0. The van der Waals surface area contributed by atoms with Gasteiger partial charge in [0.25, 0.3) is 0 Å². The largest absolute Gasteiger partial charge is 0.295 e. The van der Waals surface area contributed by atoms with Crippen molar-refractivity contribution < 1.29 is 4.79 Å². The number of rotatable bonds is 3. The molecule has 0 aliphatic carbocycles. The highest BCUT2D eigenvalue weighted by Crippen LogP contribution is 2.24. The second-order valence-electron chi connectivity index (χ2n) is 4.34. The van der Waals surface area contributed by atoms with E-state index in [1.807, 2.05) is 20.8 Å². The molecule has 0 amide bonds. The number of pyridine rings is 1. The first kappa shape index (κ1) is 13.7. The molecule has 4 nitrogen and oxygen atoms in total. The maximum atomic E-state index is 11.3. The summed E-state index contributed by atoms with van der Waals surface area (Å²) in [4.78, 5) is 24.4. The average molecular weight is 273 g/mol. The van der Waals surface area contributed by atoms with Crippen LogP contribution in [-0.2, 0) is 0 Å². The van der Waals surface area contributed by atoms with E-state index in [1.165, 1.54) is 11.8 Å². The van der Waals surface area contributed by atoms with E-state index in [1.54, 1.807) is 25.3 Å². The van der Waals surface area contributed by atoms with Crippen molar-refractivity contribution in [3.63, 3.8) is 0 Å². The van der Waals surface area contributed by atoms with Gasteiger partial charge >= 0.3 is 0 Å². The van der Waals surface area contributed by atoms with E-state index in [9.17, 15) is 4.79 Å². The van der Waals surface area contributed by atoms with Crippen LogP contribution < -0.4 is 0 Å². The zero-order chi connectivity index (χ0) is 14.0. The van der Waals surface area contributed by atoms with Crippen molar-refractivity contribution in [1.29, 1.82) is 0 Å². The Morgan fingerprint density at radius 1 is 1.16 bits per heavy atom. The molecular weight excluding hydrogens is 258 g/mol. The van der Waals surface area contributed by atoms with Crippen molar-refractivity contribution in [3.8, 4) is 0 Å². The Kier molecular flexibility index (Phi) is 3.95. The highest BCUT2D eigenvalue weighted by Gasteiger charge is 2.08. The molecular formula is C14H15N3OS. The van der Waals surface area contributed by atoms with Gasteiger partial charge in [-0.05, 0) is 57.2 Å². The number of Topliss-reactive ketones (excluding diaryl/α,β-unsaturated/α-hetero) is 1. The number of nitrogens with zero attached hydrogens (tertiary/aromatic N) is 3. The topological polar surface area (TPSA) is 55.7 Å². The van der Waals surface area contributed by atoms with Crippen LogP contribution >= 0.6 is 11.8 Å². The van der Waals surface area contributed by atoms with Gasteiger partial charge < -0.3 is 0 Å². The molecule has 2 aromatic heterocycles. The van der Waals surface area contributed by atoms with Crippen molar-refractivity contribution >= 4 is 17.5 Å². The lowest BCUT2D eigenvalue weighted by Crippen LogP contribution is -1.98. The molecule has 0 saturated heterocycles. The van der Waals surface area contributed by atoms with Crippen LogP contribution in [0.5, 0.6) is 0 Å². The maximum absolute atomic E-state index is 11.3. The third kappa shape index (κ3) is 3.17. The summed E-state index contributed by atoms with van der Waals surface area (Å²) >= 11 is 1.37. The summed E-state index contributed by atoms with van der Waals surface area (Å²) in [6, 6.07) is 3.47. The van der Waals surface area contributed by atoms with Crippen molar-refractivity contribution in [1.82, 2.24) is 15.0 Å². The fourth-order valence-corrected chi connectivity index (χ4v) is 2.42. The van der Waals surface area contributed by atoms with E-state index in [2.05, 4.69) is 15.0 Å². The number of aryl methyl sites for hydroxylation is 2. The zero-order valence-corrected chi connectivity index (χ0v) is 12.2. The molecule has 0 fully saturated rings. The lowest BCUT2D eigenvalue weighted by Gasteiger charge is -2.06. The van der Waals surface area contributed by atoms with Crippen LogP contribution in [-0.4, -0.2) is 20.7 Å². The van der Waals surface area contributed by atoms with Crippen LogP contribution in [0.2, 0.25) is 0 Å². The molecule has 2 rings (SSSR count).